The zero-order valence-electron chi connectivity index (χ0n) is 16.7. The maximum atomic E-state index is 12.8. The van der Waals surface area contributed by atoms with Crippen molar-refractivity contribution < 1.29 is 14.3 Å². The van der Waals surface area contributed by atoms with E-state index in [-0.39, 0.29) is 0 Å². The maximum absolute atomic E-state index is 12.8. The molecule has 2 heterocycles. The molecule has 0 aliphatic carbocycles. The van der Waals surface area contributed by atoms with Crippen LogP contribution in [0.15, 0.2) is 73.1 Å². The largest absolute Gasteiger partial charge is 0.441 e. The third kappa shape index (κ3) is 3.55. The second-order valence-electron chi connectivity index (χ2n) is 7.36. The smallest absolute Gasteiger partial charge is 0.339 e. The first-order valence-electron chi connectivity index (χ1n) is 9.51. The van der Waals surface area contributed by atoms with E-state index in [1.165, 1.54) is 6.92 Å². The van der Waals surface area contributed by atoms with Gasteiger partial charge in [0.15, 0.2) is 0 Å². The van der Waals surface area contributed by atoms with Gasteiger partial charge in [-0.2, -0.15) is 0 Å². The lowest BCUT2D eigenvalue weighted by molar-refractivity contribution is -0.136. The van der Waals surface area contributed by atoms with E-state index in [0.29, 0.717) is 11.1 Å². The van der Waals surface area contributed by atoms with Gasteiger partial charge in [0.1, 0.15) is 0 Å². The van der Waals surface area contributed by atoms with Gasteiger partial charge < -0.3 is 15.5 Å². The average Bonchev–Trinajstić information content (AvgIpc) is 3.22. The number of ether oxygens (including phenoxy) is 1. The molecule has 4 rings (SSSR count). The van der Waals surface area contributed by atoms with Crippen LogP contribution in [0.25, 0.3) is 22.2 Å². The number of hydrogen-bond donors (Lipinski definition) is 2. The molecule has 1 unspecified atom stereocenters. The highest BCUT2D eigenvalue weighted by molar-refractivity contribution is 5.97. The number of hydrogen-bond acceptors (Lipinski definition) is 4. The number of fused-ring (bicyclic) bond motifs is 1. The third-order valence-corrected chi connectivity index (χ3v) is 5.20. The predicted molar refractivity (Wildman–Crippen MR) is 115 cm³/mol. The molecular formula is C24H21N3O3. The number of primary amides is 1. The van der Waals surface area contributed by atoms with E-state index in [1.807, 2.05) is 43.3 Å². The number of H-pyrrole nitrogens is 1. The zero-order valence-corrected chi connectivity index (χ0v) is 16.7. The summed E-state index contributed by atoms with van der Waals surface area (Å²) in [6.45, 7) is 3.47. The molecule has 2 aromatic carbocycles. The number of aromatic nitrogens is 2. The Bertz CT molecular complexity index is 1230. The summed E-state index contributed by atoms with van der Waals surface area (Å²) in [6, 6.07) is 18.1. The van der Waals surface area contributed by atoms with Crippen molar-refractivity contribution in [3.05, 3.63) is 89.7 Å². The van der Waals surface area contributed by atoms with Crippen LogP contribution in [0.4, 0.5) is 0 Å². The summed E-state index contributed by atoms with van der Waals surface area (Å²) in [7, 11) is 0. The summed E-state index contributed by atoms with van der Waals surface area (Å²) in [5.74, 6) is -1.38. The van der Waals surface area contributed by atoms with Gasteiger partial charge in [0.05, 0.1) is 11.3 Å². The van der Waals surface area contributed by atoms with Gasteiger partial charge in [0, 0.05) is 29.0 Å². The number of pyridine rings is 1. The maximum Gasteiger partial charge on any atom is 0.339 e. The summed E-state index contributed by atoms with van der Waals surface area (Å²) in [5, 5.41) is 0.976. The molecule has 0 spiro atoms. The average molecular weight is 399 g/mol. The molecule has 0 radical (unpaired) electrons. The number of rotatable bonds is 5. The number of nitrogens with zero attached hydrogens (tertiary/aromatic N) is 1. The number of esters is 1. The minimum atomic E-state index is -1.61. The van der Waals surface area contributed by atoms with Crippen LogP contribution >= 0.6 is 0 Å². The quantitative estimate of drug-likeness (QED) is 0.494. The first kappa shape index (κ1) is 19.4. The lowest BCUT2D eigenvalue weighted by Gasteiger charge is -2.27. The number of nitrogens with two attached hydrogens (primary N) is 1. The summed E-state index contributed by atoms with van der Waals surface area (Å²) in [5.41, 5.74) is 8.41. The molecule has 6 nitrogen and oxygen atoms in total. The van der Waals surface area contributed by atoms with Crippen molar-refractivity contribution in [2.75, 3.05) is 0 Å². The first-order valence-corrected chi connectivity index (χ1v) is 9.51. The van der Waals surface area contributed by atoms with E-state index in [0.717, 1.165) is 27.7 Å². The highest BCUT2D eigenvalue weighted by Gasteiger charge is 2.38. The molecule has 3 N–H and O–H groups in total. The summed E-state index contributed by atoms with van der Waals surface area (Å²) in [4.78, 5) is 32.5. The Morgan fingerprint density at radius 2 is 1.80 bits per heavy atom. The second kappa shape index (κ2) is 7.48. The summed E-state index contributed by atoms with van der Waals surface area (Å²) in [6.07, 6.45) is 3.58. The van der Waals surface area contributed by atoms with Crippen molar-refractivity contribution in [3.8, 4) is 11.3 Å². The molecule has 0 aliphatic rings. The van der Waals surface area contributed by atoms with Crippen LogP contribution in [-0.4, -0.2) is 21.8 Å². The van der Waals surface area contributed by atoms with E-state index in [1.54, 1.807) is 36.7 Å². The number of aromatic amines is 1. The molecule has 4 aromatic rings. The Morgan fingerprint density at radius 1 is 1.03 bits per heavy atom. The van der Waals surface area contributed by atoms with Crippen LogP contribution in [0, 0.1) is 6.92 Å². The van der Waals surface area contributed by atoms with Crippen LogP contribution < -0.4 is 5.73 Å². The van der Waals surface area contributed by atoms with Crippen LogP contribution in [-0.2, 0) is 15.1 Å². The molecule has 150 valence electrons. The number of aryl methyl sites for hydroxylation is 1. The summed E-state index contributed by atoms with van der Waals surface area (Å²) < 4.78 is 5.62. The Morgan fingerprint density at radius 3 is 2.47 bits per heavy atom. The highest BCUT2D eigenvalue weighted by atomic mass is 16.6. The van der Waals surface area contributed by atoms with E-state index in [9.17, 15) is 9.59 Å². The number of nitrogens with one attached hydrogen (secondary N) is 1. The van der Waals surface area contributed by atoms with Gasteiger partial charge in [-0.25, -0.2) is 4.79 Å². The number of amides is 1. The Labute approximate surface area is 173 Å². The Balaban J connectivity index is 1.62. The van der Waals surface area contributed by atoms with Gasteiger partial charge in [0.25, 0.3) is 5.91 Å². The van der Waals surface area contributed by atoms with Crippen molar-refractivity contribution in [1.82, 2.24) is 9.97 Å². The van der Waals surface area contributed by atoms with Crippen LogP contribution in [0.1, 0.15) is 28.4 Å². The zero-order chi connectivity index (χ0) is 21.3. The lowest BCUT2D eigenvalue weighted by atomic mass is 9.93. The molecule has 1 amide bonds. The van der Waals surface area contributed by atoms with Crippen molar-refractivity contribution in [3.63, 3.8) is 0 Å². The molecule has 0 bridgehead atoms. The molecule has 1 atom stereocenters. The first-order chi connectivity index (χ1) is 14.4. The standard InChI is InChI=1S/C24H21N3O3/c1-15-3-10-20(27-14-15)16-6-8-19(9-7-16)24(2,23(25)29)30-22(28)18-5-4-17-11-12-26-21(17)13-18/h3-14,26H,1-2H3,(H2,25,29). The molecule has 2 aromatic heterocycles. The molecule has 0 aliphatic heterocycles. The van der Waals surface area contributed by atoms with E-state index >= 15 is 0 Å². The fourth-order valence-corrected chi connectivity index (χ4v) is 3.27. The van der Waals surface area contributed by atoms with E-state index in [4.69, 9.17) is 10.5 Å². The van der Waals surface area contributed by atoms with Crippen LogP contribution in [0.2, 0.25) is 0 Å². The van der Waals surface area contributed by atoms with Crippen molar-refractivity contribution in [2.24, 2.45) is 5.73 Å². The fraction of sp³-hybridized carbons (Fsp3) is 0.125. The normalized spacial score (nSPS) is 13.0. The Hall–Kier alpha value is -3.93. The van der Waals surface area contributed by atoms with Gasteiger partial charge >= 0.3 is 5.97 Å². The summed E-state index contributed by atoms with van der Waals surface area (Å²) >= 11 is 0. The Kier molecular flexibility index (Phi) is 4.83. The molecule has 0 saturated carbocycles. The predicted octanol–water partition coefficient (Wildman–Crippen LogP) is 4.10. The molecule has 0 fully saturated rings. The van der Waals surface area contributed by atoms with Gasteiger partial charge in [-0.05, 0) is 49.1 Å². The van der Waals surface area contributed by atoms with Gasteiger partial charge in [-0.3, -0.25) is 9.78 Å². The minimum Gasteiger partial charge on any atom is -0.441 e. The minimum absolute atomic E-state index is 0.331. The van der Waals surface area contributed by atoms with Gasteiger partial charge in [-0.1, -0.05) is 36.4 Å². The molecule has 0 saturated heterocycles. The molecule has 30 heavy (non-hydrogen) atoms. The van der Waals surface area contributed by atoms with E-state index < -0.39 is 17.5 Å². The van der Waals surface area contributed by atoms with Gasteiger partial charge in [0.2, 0.25) is 5.60 Å². The topological polar surface area (TPSA) is 98.1 Å². The number of carbonyl (C=O) groups excluding carboxylic acids is 2. The third-order valence-electron chi connectivity index (χ3n) is 5.20. The van der Waals surface area contributed by atoms with Crippen molar-refractivity contribution >= 4 is 22.8 Å². The van der Waals surface area contributed by atoms with E-state index in [2.05, 4.69) is 9.97 Å². The van der Waals surface area contributed by atoms with Gasteiger partial charge in [-0.15, -0.1) is 0 Å². The number of carbonyl (C=O) groups is 2. The monoisotopic (exact) mass is 399 g/mol. The molecule has 6 heteroatoms. The van der Waals surface area contributed by atoms with Crippen LogP contribution in [0.3, 0.4) is 0 Å². The number of benzene rings is 2. The molecular weight excluding hydrogens is 378 g/mol. The SMILES string of the molecule is Cc1ccc(-c2ccc(C(C)(OC(=O)c3ccc4cc[nH]c4c3)C(N)=O)cc2)nc1. The van der Waals surface area contributed by atoms with Crippen LogP contribution in [0.5, 0.6) is 0 Å². The lowest BCUT2D eigenvalue weighted by Crippen LogP contribution is -2.42. The fourth-order valence-electron chi connectivity index (χ4n) is 3.27. The van der Waals surface area contributed by atoms with Crippen molar-refractivity contribution in [2.45, 2.75) is 19.4 Å². The van der Waals surface area contributed by atoms with Crippen molar-refractivity contribution in [1.29, 1.82) is 0 Å². The second-order valence-corrected chi connectivity index (χ2v) is 7.36. The highest BCUT2D eigenvalue weighted by Crippen LogP contribution is 2.29.